The van der Waals surface area contributed by atoms with Crippen molar-refractivity contribution in [2.75, 3.05) is 6.61 Å². The van der Waals surface area contributed by atoms with Crippen LogP contribution in [0.25, 0.3) is 11.2 Å². The molecule has 0 N–H and O–H groups in total. The molecule has 0 saturated heterocycles. The lowest BCUT2D eigenvalue weighted by Crippen LogP contribution is -2.22. The summed E-state index contributed by atoms with van der Waals surface area (Å²) in [6.45, 7) is 8.35. The molecule has 0 aromatic carbocycles. The van der Waals surface area contributed by atoms with E-state index < -0.39 is 8.07 Å². The molecular formula is C12H17ClIN3OSi. The van der Waals surface area contributed by atoms with Gasteiger partial charge in [-0.25, -0.2) is 9.97 Å². The maximum atomic E-state index is 5.86. The fourth-order valence-electron chi connectivity index (χ4n) is 1.63. The second-order valence-electron chi connectivity index (χ2n) is 5.66. The van der Waals surface area contributed by atoms with Gasteiger partial charge in [-0.05, 0) is 28.6 Å². The summed E-state index contributed by atoms with van der Waals surface area (Å²) in [5.74, 6) is 0. The highest BCUT2D eigenvalue weighted by atomic mass is 127. The van der Waals surface area contributed by atoms with E-state index in [1.165, 1.54) is 6.04 Å². The predicted octanol–water partition coefficient (Wildman–Crippen LogP) is 4.00. The Kier molecular flexibility index (Phi) is 4.86. The van der Waals surface area contributed by atoms with Gasteiger partial charge in [0.05, 0.1) is 9.77 Å². The molecule has 0 bridgehead atoms. The van der Waals surface area contributed by atoms with E-state index in [2.05, 4.69) is 52.2 Å². The number of ether oxygens (including phenoxy) is 1. The molecule has 7 heteroatoms. The Hall–Kier alpha value is -0.183. The van der Waals surface area contributed by atoms with Gasteiger partial charge in [-0.15, -0.1) is 0 Å². The minimum Gasteiger partial charge on any atom is -0.361 e. The number of fused-ring (bicyclic) bond motifs is 1. The van der Waals surface area contributed by atoms with Gasteiger partial charge >= 0.3 is 0 Å². The van der Waals surface area contributed by atoms with E-state index in [1.54, 1.807) is 6.20 Å². The van der Waals surface area contributed by atoms with Crippen LogP contribution in [0.4, 0.5) is 0 Å². The molecule has 19 heavy (non-hydrogen) atoms. The number of hydrogen-bond acceptors (Lipinski definition) is 3. The van der Waals surface area contributed by atoms with Crippen LogP contribution in [-0.4, -0.2) is 29.2 Å². The summed E-state index contributed by atoms with van der Waals surface area (Å²) in [6, 6.07) is 1.17. The first-order chi connectivity index (χ1) is 8.87. The number of nitrogens with zero attached hydrogens (tertiary/aromatic N) is 3. The van der Waals surface area contributed by atoms with Crippen molar-refractivity contribution in [3.05, 3.63) is 21.1 Å². The van der Waals surface area contributed by atoms with Crippen molar-refractivity contribution in [3.63, 3.8) is 0 Å². The minimum atomic E-state index is -1.03. The van der Waals surface area contributed by atoms with Crippen LogP contribution < -0.4 is 0 Å². The molecule has 4 nitrogen and oxygen atoms in total. The zero-order valence-corrected chi connectivity index (χ0v) is 15.2. The smallest absolute Gasteiger partial charge is 0.161 e. The molecule has 0 aliphatic rings. The molecular weight excluding hydrogens is 393 g/mol. The van der Waals surface area contributed by atoms with Gasteiger partial charge in [-0.2, -0.15) is 0 Å². The van der Waals surface area contributed by atoms with E-state index in [4.69, 9.17) is 16.3 Å². The normalized spacial score (nSPS) is 12.3. The Balaban J connectivity index is 2.05. The van der Waals surface area contributed by atoms with Crippen molar-refractivity contribution >= 4 is 53.4 Å². The highest BCUT2D eigenvalue weighted by Gasteiger charge is 2.13. The monoisotopic (exact) mass is 409 g/mol. The van der Waals surface area contributed by atoms with Gasteiger partial charge in [0.15, 0.2) is 5.65 Å². The molecule has 0 fully saturated rings. The molecule has 0 unspecified atom stereocenters. The van der Waals surface area contributed by atoms with Gasteiger partial charge in [0.25, 0.3) is 0 Å². The van der Waals surface area contributed by atoms with E-state index in [0.717, 1.165) is 21.3 Å². The lowest BCUT2D eigenvalue weighted by molar-refractivity contribution is 0.0898. The van der Waals surface area contributed by atoms with Crippen LogP contribution in [0.3, 0.4) is 0 Å². The Labute approximate surface area is 132 Å². The molecule has 2 rings (SSSR count). The average molecular weight is 410 g/mol. The second-order valence-corrected chi connectivity index (χ2v) is 12.8. The molecule has 2 aromatic rings. The van der Waals surface area contributed by atoms with Gasteiger partial charge in [-0.3, -0.25) is 0 Å². The van der Waals surface area contributed by atoms with E-state index in [0.29, 0.717) is 11.9 Å². The summed E-state index contributed by atoms with van der Waals surface area (Å²) < 4.78 is 8.76. The first-order valence-electron chi connectivity index (χ1n) is 6.11. The molecule has 0 radical (unpaired) electrons. The Morgan fingerprint density at radius 3 is 2.84 bits per heavy atom. The van der Waals surface area contributed by atoms with Gasteiger partial charge in [-0.1, -0.05) is 31.2 Å². The SMILES string of the molecule is C[Si](C)(C)CCOCn1cc(I)c2nc(Cl)cnc21. The van der Waals surface area contributed by atoms with Crippen LogP contribution in [0.1, 0.15) is 0 Å². The van der Waals surface area contributed by atoms with Crippen molar-refractivity contribution < 1.29 is 4.74 Å². The number of hydrogen-bond donors (Lipinski definition) is 0. The van der Waals surface area contributed by atoms with Crippen LogP contribution in [-0.2, 0) is 11.5 Å². The molecule has 0 aliphatic heterocycles. The Morgan fingerprint density at radius 2 is 2.16 bits per heavy atom. The summed E-state index contributed by atoms with van der Waals surface area (Å²) in [4.78, 5) is 8.61. The summed E-state index contributed by atoms with van der Waals surface area (Å²) >= 11 is 8.10. The van der Waals surface area contributed by atoms with Crippen molar-refractivity contribution in [2.45, 2.75) is 32.4 Å². The van der Waals surface area contributed by atoms with Crippen LogP contribution in [0, 0.1) is 3.57 Å². The first kappa shape index (κ1) is 15.2. The van der Waals surface area contributed by atoms with Crippen molar-refractivity contribution in [1.29, 1.82) is 0 Å². The average Bonchev–Trinajstić information content (AvgIpc) is 2.60. The number of halogens is 2. The van der Waals surface area contributed by atoms with Gasteiger partial charge in [0.1, 0.15) is 17.4 Å². The van der Waals surface area contributed by atoms with Crippen molar-refractivity contribution in [3.8, 4) is 0 Å². The molecule has 0 atom stereocenters. The molecule has 104 valence electrons. The van der Waals surface area contributed by atoms with Gasteiger partial charge < -0.3 is 9.30 Å². The van der Waals surface area contributed by atoms with Crippen molar-refractivity contribution in [1.82, 2.24) is 14.5 Å². The first-order valence-corrected chi connectivity index (χ1v) is 11.3. The Bertz CT molecular complexity index is 582. The highest BCUT2D eigenvalue weighted by molar-refractivity contribution is 14.1. The number of rotatable bonds is 5. The zero-order chi connectivity index (χ0) is 14.0. The van der Waals surface area contributed by atoms with Crippen LogP contribution >= 0.6 is 34.2 Å². The highest BCUT2D eigenvalue weighted by Crippen LogP contribution is 2.21. The third-order valence-corrected chi connectivity index (χ3v) is 5.39. The quantitative estimate of drug-likeness (QED) is 0.426. The maximum absolute atomic E-state index is 5.86. The molecule has 2 aromatic heterocycles. The summed E-state index contributed by atoms with van der Waals surface area (Å²) in [5, 5.41) is 0.419. The summed E-state index contributed by atoms with van der Waals surface area (Å²) in [7, 11) is -1.03. The van der Waals surface area contributed by atoms with Gasteiger partial charge in [0.2, 0.25) is 0 Å². The van der Waals surface area contributed by atoms with Crippen LogP contribution in [0.5, 0.6) is 0 Å². The minimum absolute atomic E-state index is 0.419. The van der Waals surface area contributed by atoms with E-state index in [1.807, 2.05) is 10.8 Å². The van der Waals surface area contributed by atoms with Crippen molar-refractivity contribution in [2.24, 2.45) is 0 Å². The fourth-order valence-corrected chi connectivity index (χ4v) is 3.22. The fraction of sp³-hybridized carbons (Fsp3) is 0.500. The van der Waals surface area contributed by atoms with E-state index in [-0.39, 0.29) is 0 Å². The largest absolute Gasteiger partial charge is 0.361 e. The zero-order valence-electron chi connectivity index (χ0n) is 11.3. The predicted molar refractivity (Wildman–Crippen MR) is 89.4 cm³/mol. The van der Waals surface area contributed by atoms with Crippen LogP contribution in [0.15, 0.2) is 12.4 Å². The van der Waals surface area contributed by atoms with Gasteiger partial charge in [0, 0.05) is 20.9 Å². The lowest BCUT2D eigenvalue weighted by Gasteiger charge is -2.15. The standard InChI is InChI=1S/C12H17ClIN3OSi/c1-19(2,3)5-4-18-8-17-7-9(14)11-12(17)15-6-10(13)16-11/h6-7H,4-5,8H2,1-3H3. The lowest BCUT2D eigenvalue weighted by atomic mass is 10.5. The molecule has 0 spiro atoms. The summed E-state index contributed by atoms with van der Waals surface area (Å²) in [5.41, 5.74) is 1.66. The molecule has 0 amide bonds. The third-order valence-electron chi connectivity index (χ3n) is 2.72. The van der Waals surface area contributed by atoms with Crippen LogP contribution in [0.2, 0.25) is 30.8 Å². The molecule has 0 aliphatic carbocycles. The van der Waals surface area contributed by atoms with E-state index in [9.17, 15) is 0 Å². The number of aromatic nitrogens is 3. The molecule has 0 saturated carbocycles. The second kappa shape index (κ2) is 6.07. The molecule has 2 heterocycles. The topological polar surface area (TPSA) is 39.9 Å². The Morgan fingerprint density at radius 1 is 1.42 bits per heavy atom. The summed E-state index contributed by atoms with van der Waals surface area (Å²) in [6.07, 6.45) is 3.56. The van der Waals surface area contributed by atoms with E-state index >= 15 is 0 Å². The third kappa shape index (κ3) is 4.14. The maximum Gasteiger partial charge on any atom is 0.161 e.